The maximum atomic E-state index is 10.2. The van der Waals surface area contributed by atoms with Crippen molar-refractivity contribution in [2.24, 2.45) is 0 Å². The molecule has 0 saturated carbocycles. The van der Waals surface area contributed by atoms with Crippen LogP contribution in [0.15, 0.2) is 30.3 Å². The van der Waals surface area contributed by atoms with E-state index in [-0.39, 0.29) is 0 Å². The van der Waals surface area contributed by atoms with Crippen LogP contribution in [0.4, 0.5) is 0 Å². The zero-order chi connectivity index (χ0) is 12.2. The van der Waals surface area contributed by atoms with E-state index in [0.29, 0.717) is 5.56 Å². The van der Waals surface area contributed by atoms with Crippen molar-refractivity contribution in [2.75, 3.05) is 6.16 Å². The lowest BCUT2D eigenvalue weighted by atomic mass is 10.2. The first-order valence-electron chi connectivity index (χ1n) is 5.70. The molecule has 0 aliphatic rings. The van der Waals surface area contributed by atoms with Gasteiger partial charge < -0.3 is 5.11 Å². The largest absolute Gasteiger partial charge is 0.478 e. The second-order valence-corrected chi connectivity index (χ2v) is 4.10. The van der Waals surface area contributed by atoms with Crippen LogP contribution in [0.3, 0.4) is 0 Å². The van der Waals surface area contributed by atoms with Crippen LogP contribution in [-0.2, 0) is 0 Å². The zero-order valence-electron chi connectivity index (χ0n) is 9.86. The molecule has 0 bridgehead atoms. The maximum Gasteiger partial charge on any atom is 0.335 e. The number of carboxylic acids is 1. The lowest BCUT2D eigenvalue weighted by molar-refractivity contribution is 0.0697. The molecule has 0 amide bonds. The van der Waals surface area contributed by atoms with Crippen LogP contribution in [0.1, 0.15) is 43.0 Å². The minimum Gasteiger partial charge on any atom is -0.478 e. The summed E-state index contributed by atoms with van der Waals surface area (Å²) in [7, 11) is 2.75. The summed E-state index contributed by atoms with van der Waals surface area (Å²) in [6, 6.07) is 8.30. The molecule has 1 atom stereocenters. The van der Waals surface area contributed by atoms with Gasteiger partial charge in [-0.05, 0) is 24.7 Å². The summed E-state index contributed by atoms with van der Waals surface area (Å²) in [6.45, 7) is 2.24. The first kappa shape index (κ1) is 15.1. The second kappa shape index (κ2) is 10.6. The van der Waals surface area contributed by atoms with E-state index in [1.165, 1.54) is 31.8 Å². The second-order valence-electron chi connectivity index (χ2n) is 3.52. The third-order valence-corrected chi connectivity index (χ3v) is 2.49. The van der Waals surface area contributed by atoms with Gasteiger partial charge in [0, 0.05) is 0 Å². The molecule has 0 fully saturated rings. The molecule has 0 aromatic heterocycles. The number of benzene rings is 1. The van der Waals surface area contributed by atoms with Crippen molar-refractivity contribution in [1.29, 1.82) is 0 Å². The predicted molar refractivity (Wildman–Crippen MR) is 72.1 cm³/mol. The molecule has 0 radical (unpaired) electrons. The van der Waals surface area contributed by atoms with Gasteiger partial charge in [0.05, 0.1) is 5.56 Å². The molecule has 1 aromatic carbocycles. The highest BCUT2D eigenvalue weighted by atomic mass is 31.0. The van der Waals surface area contributed by atoms with Crippen molar-refractivity contribution < 1.29 is 9.90 Å². The first-order valence-corrected chi connectivity index (χ1v) is 6.52. The van der Waals surface area contributed by atoms with Crippen LogP contribution in [0.25, 0.3) is 0 Å². The molecule has 0 aliphatic heterocycles. The number of hydrogen-bond donors (Lipinski definition) is 1. The quantitative estimate of drug-likeness (QED) is 0.627. The van der Waals surface area contributed by atoms with Crippen molar-refractivity contribution in [3.05, 3.63) is 35.9 Å². The average Bonchev–Trinajstić information content (AvgIpc) is 2.32. The molecule has 1 aromatic rings. The Morgan fingerprint density at radius 2 is 1.81 bits per heavy atom. The lowest BCUT2D eigenvalue weighted by Crippen LogP contribution is -1.93. The van der Waals surface area contributed by atoms with Gasteiger partial charge in [-0.25, -0.2) is 4.79 Å². The molecule has 3 heteroatoms. The smallest absolute Gasteiger partial charge is 0.335 e. The molecule has 2 nitrogen and oxygen atoms in total. The minimum atomic E-state index is -0.879. The van der Waals surface area contributed by atoms with Gasteiger partial charge >= 0.3 is 5.97 Å². The van der Waals surface area contributed by atoms with Gasteiger partial charge in [0.25, 0.3) is 0 Å². The highest BCUT2D eigenvalue weighted by Gasteiger charge is 1.96. The molecule has 0 heterocycles. The molecular formula is C13H21O2P. The van der Waals surface area contributed by atoms with E-state index < -0.39 is 5.97 Å². The van der Waals surface area contributed by atoms with Gasteiger partial charge in [0.2, 0.25) is 0 Å². The van der Waals surface area contributed by atoms with Gasteiger partial charge in [-0.3, -0.25) is 0 Å². The van der Waals surface area contributed by atoms with Crippen LogP contribution < -0.4 is 0 Å². The third-order valence-electron chi connectivity index (χ3n) is 2.08. The highest BCUT2D eigenvalue weighted by molar-refractivity contribution is 7.16. The molecule has 0 aliphatic carbocycles. The maximum absolute atomic E-state index is 10.2. The van der Waals surface area contributed by atoms with E-state index in [0.717, 1.165) is 0 Å². The van der Waals surface area contributed by atoms with E-state index in [4.69, 9.17) is 5.11 Å². The summed E-state index contributed by atoms with van der Waals surface area (Å²) in [6.07, 6.45) is 6.84. The summed E-state index contributed by atoms with van der Waals surface area (Å²) < 4.78 is 0. The molecule has 1 unspecified atom stereocenters. The lowest BCUT2D eigenvalue weighted by Gasteiger charge is -1.90. The fraction of sp³-hybridized carbons (Fsp3) is 0.462. The predicted octanol–water partition coefficient (Wildman–Crippen LogP) is 3.83. The average molecular weight is 240 g/mol. The Morgan fingerprint density at radius 1 is 1.19 bits per heavy atom. The van der Waals surface area contributed by atoms with Crippen LogP contribution in [0, 0.1) is 0 Å². The number of hydrogen-bond acceptors (Lipinski definition) is 1. The number of unbranched alkanes of at least 4 members (excludes halogenated alkanes) is 3. The highest BCUT2D eigenvalue weighted by Crippen LogP contribution is 2.00. The topological polar surface area (TPSA) is 37.3 Å². The number of carbonyl (C=O) groups is 1. The van der Waals surface area contributed by atoms with Crippen LogP contribution in [0.2, 0.25) is 0 Å². The Kier molecular flexibility index (Phi) is 10.0. The zero-order valence-corrected chi connectivity index (χ0v) is 11.0. The summed E-state index contributed by atoms with van der Waals surface area (Å²) >= 11 is 0. The van der Waals surface area contributed by atoms with Gasteiger partial charge in [0.15, 0.2) is 0 Å². The molecular weight excluding hydrogens is 219 g/mol. The minimum absolute atomic E-state index is 0.331. The van der Waals surface area contributed by atoms with Crippen molar-refractivity contribution in [1.82, 2.24) is 0 Å². The third kappa shape index (κ3) is 8.43. The van der Waals surface area contributed by atoms with Gasteiger partial charge in [0.1, 0.15) is 0 Å². The van der Waals surface area contributed by atoms with Crippen molar-refractivity contribution in [3.63, 3.8) is 0 Å². The van der Waals surface area contributed by atoms with Crippen molar-refractivity contribution in [3.8, 4) is 0 Å². The monoisotopic (exact) mass is 240 g/mol. The Balaban J connectivity index is 0.000000293. The normalized spacial score (nSPS) is 9.12. The van der Waals surface area contributed by atoms with E-state index in [1.54, 1.807) is 30.3 Å². The van der Waals surface area contributed by atoms with Crippen molar-refractivity contribution >= 4 is 15.2 Å². The standard InChI is InChI=1S/C7H6O2.C6H15P/c8-7(9)6-4-2-1-3-5-6;1-2-3-4-5-6-7/h1-5H,(H,8,9);2-7H2,1H3. The molecule has 0 spiro atoms. The Morgan fingerprint density at radius 3 is 2.19 bits per heavy atom. The van der Waals surface area contributed by atoms with E-state index in [2.05, 4.69) is 16.2 Å². The summed E-state index contributed by atoms with van der Waals surface area (Å²) in [5.74, 6) is -0.879. The van der Waals surface area contributed by atoms with E-state index >= 15 is 0 Å². The molecule has 0 saturated heterocycles. The van der Waals surface area contributed by atoms with Crippen LogP contribution >= 0.6 is 9.24 Å². The van der Waals surface area contributed by atoms with Crippen LogP contribution in [-0.4, -0.2) is 17.2 Å². The Bertz CT molecular complexity index is 269. The Labute approximate surface area is 100 Å². The fourth-order valence-corrected chi connectivity index (χ4v) is 1.44. The van der Waals surface area contributed by atoms with Gasteiger partial charge in [-0.2, -0.15) is 0 Å². The summed E-state index contributed by atoms with van der Waals surface area (Å²) in [5, 5.41) is 8.38. The SMILES string of the molecule is CCCCCCP.O=C(O)c1ccccc1. The number of rotatable bonds is 5. The Hall–Kier alpha value is -0.880. The summed E-state index contributed by atoms with van der Waals surface area (Å²) in [4.78, 5) is 10.2. The van der Waals surface area contributed by atoms with E-state index in [9.17, 15) is 4.79 Å². The number of aromatic carboxylic acids is 1. The molecule has 1 N–H and O–H groups in total. The van der Waals surface area contributed by atoms with Crippen molar-refractivity contribution in [2.45, 2.75) is 32.6 Å². The first-order chi connectivity index (χ1) is 7.72. The number of carboxylic acid groups (broad SMARTS) is 1. The van der Waals surface area contributed by atoms with Gasteiger partial charge in [-0.15, -0.1) is 9.24 Å². The van der Waals surface area contributed by atoms with Gasteiger partial charge in [-0.1, -0.05) is 44.4 Å². The molecule has 16 heavy (non-hydrogen) atoms. The summed E-state index contributed by atoms with van der Waals surface area (Å²) in [5.41, 5.74) is 0.331. The molecule has 90 valence electrons. The molecule has 1 rings (SSSR count). The fourth-order valence-electron chi connectivity index (χ4n) is 1.15. The van der Waals surface area contributed by atoms with Crippen LogP contribution in [0.5, 0.6) is 0 Å². The van der Waals surface area contributed by atoms with E-state index in [1.807, 2.05) is 0 Å².